The molecular formula is C22H24ClN5O. The van der Waals surface area contributed by atoms with Gasteiger partial charge in [0, 0.05) is 29.4 Å². The summed E-state index contributed by atoms with van der Waals surface area (Å²) in [7, 11) is 0. The van der Waals surface area contributed by atoms with Crippen molar-refractivity contribution in [2.24, 2.45) is 0 Å². The lowest BCUT2D eigenvalue weighted by atomic mass is 10.2. The van der Waals surface area contributed by atoms with Crippen molar-refractivity contribution < 1.29 is 4.79 Å². The third-order valence-corrected chi connectivity index (χ3v) is 5.47. The topological polar surface area (TPSA) is 63.1 Å². The second-order valence-corrected chi connectivity index (χ2v) is 7.74. The zero-order chi connectivity index (χ0) is 20.2. The first-order chi connectivity index (χ1) is 14.1. The Hall–Kier alpha value is -2.86. The number of halogens is 1. The van der Waals surface area contributed by atoms with Gasteiger partial charge in [0.15, 0.2) is 5.82 Å². The van der Waals surface area contributed by atoms with Gasteiger partial charge in [0.05, 0.1) is 6.54 Å². The Morgan fingerprint density at radius 3 is 2.83 bits per heavy atom. The number of fused-ring (bicyclic) bond motifs is 1. The van der Waals surface area contributed by atoms with E-state index in [1.807, 2.05) is 43.3 Å². The average molecular weight is 410 g/mol. The molecular weight excluding hydrogens is 386 g/mol. The summed E-state index contributed by atoms with van der Waals surface area (Å²) >= 11 is 6.21. The van der Waals surface area contributed by atoms with Gasteiger partial charge in [-0.3, -0.25) is 4.90 Å². The number of carbonyl (C=O) groups excluding carboxylic acids is 1. The van der Waals surface area contributed by atoms with Crippen molar-refractivity contribution in [1.82, 2.24) is 14.8 Å². The molecule has 0 radical (unpaired) electrons. The molecule has 4 rings (SSSR count). The summed E-state index contributed by atoms with van der Waals surface area (Å²) in [5.74, 6) is 1.80. The Morgan fingerprint density at radius 1 is 1.14 bits per heavy atom. The van der Waals surface area contributed by atoms with Gasteiger partial charge in [-0.25, -0.2) is 4.79 Å². The Bertz CT molecular complexity index is 1020. The third-order valence-electron chi connectivity index (χ3n) is 5.24. The number of nitrogens with one attached hydrogen (secondary N) is 1. The average Bonchev–Trinajstić information content (AvgIpc) is 2.93. The summed E-state index contributed by atoms with van der Waals surface area (Å²) < 4.78 is 2.16. The molecule has 29 heavy (non-hydrogen) atoms. The Labute approximate surface area is 175 Å². The van der Waals surface area contributed by atoms with Crippen LogP contribution < -0.4 is 10.2 Å². The molecule has 0 aliphatic carbocycles. The van der Waals surface area contributed by atoms with Gasteiger partial charge in [-0.1, -0.05) is 42.3 Å². The number of urea groups is 1. The minimum absolute atomic E-state index is 0.229. The molecule has 2 aromatic carbocycles. The van der Waals surface area contributed by atoms with Gasteiger partial charge in [0.2, 0.25) is 0 Å². The summed E-state index contributed by atoms with van der Waals surface area (Å²) in [5, 5.41) is 12.4. The van der Waals surface area contributed by atoms with Crippen molar-refractivity contribution in [2.75, 3.05) is 10.2 Å². The van der Waals surface area contributed by atoms with E-state index in [2.05, 4.69) is 20.1 Å². The van der Waals surface area contributed by atoms with Crippen molar-refractivity contribution >= 4 is 29.0 Å². The molecule has 0 saturated heterocycles. The van der Waals surface area contributed by atoms with Gasteiger partial charge in [-0.2, -0.15) is 0 Å². The maximum Gasteiger partial charge on any atom is 0.326 e. The van der Waals surface area contributed by atoms with Crippen LogP contribution in [0.3, 0.4) is 0 Å². The van der Waals surface area contributed by atoms with Crippen LogP contribution in [0.4, 0.5) is 16.2 Å². The van der Waals surface area contributed by atoms with Gasteiger partial charge in [0.1, 0.15) is 5.82 Å². The van der Waals surface area contributed by atoms with Crippen LogP contribution in [0.1, 0.15) is 36.5 Å². The van der Waals surface area contributed by atoms with E-state index < -0.39 is 0 Å². The van der Waals surface area contributed by atoms with Gasteiger partial charge in [0.25, 0.3) is 0 Å². The Kier molecular flexibility index (Phi) is 5.81. The summed E-state index contributed by atoms with van der Waals surface area (Å²) in [6, 6.07) is 14.8. The maximum atomic E-state index is 13.3. The second kappa shape index (κ2) is 8.66. The van der Waals surface area contributed by atoms with E-state index in [0.717, 1.165) is 54.4 Å². The van der Waals surface area contributed by atoms with Crippen LogP contribution in [0, 0.1) is 6.92 Å². The maximum absolute atomic E-state index is 13.3. The van der Waals surface area contributed by atoms with Crippen LogP contribution in [0.5, 0.6) is 0 Å². The Balaban J connectivity index is 1.65. The minimum atomic E-state index is -0.229. The second-order valence-electron chi connectivity index (χ2n) is 7.31. The molecule has 0 unspecified atom stereocenters. The smallest absolute Gasteiger partial charge is 0.313 e. The first-order valence-electron chi connectivity index (χ1n) is 9.92. The predicted octanol–water partition coefficient (Wildman–Crippen LogP) is 5.21. The number of carbonyl (C=O) groups is 1. The summed E-state index contributed by atoms with van der Waals surface area (Å²) in [6.07, 6.45) is 4.35. The standard InChI is InChI=1S/C22H24ClN5O/c1-16-8-4-5-11-19(16)24-22(29)28(18-10-7-9-17(23)14-18)15-21-26-25-20-12-3-2-6-13-27(20)21/h4-5,7-11,14H,2-3,6,12-13,15H2,1H3,(H,24,29). The van der Waals surface area contributed by atoms with Crippen molar-refractivity contribution in [1.29, 1.82) is 0 Å². The summed E-state index contributed by atoms with van der Waals surface area (Å²) in [5.41, 5.74) is 2.50. The number of aromatic nitrogens is 3. The molecule has 1 N–H and O–H groups in total. The highest BCUT2D eigenvalue weighted by atomic mass is 35.5. The van der Waals surface area contributed by atoms with Gasteiger partial charge < -0.3 is 9.88 Å². The van der Waals surface area contributed by atoms with Crippen LogP contribution >= 0.6 is 11.6 Å². The highest BCUT2D eigenvalue weighted by molar-refractivity contribution is 6.31. The number of benzene rings is 2. The molecule has 1 aromatic heterocycles. The molecule has 0 atom stereocenters. The lowest BCUT2D eigenvalue weighted by molar-refractivity contribution is 0.256. The molecule has 1 aliphatic rings. The van der Waals surface area contributed by atoms with Gasteiger partial charge >= 0.3 is 6.03 Å². The van der Waals surface area contributed by atoms with E-state index >= 15 is 0 Å². The quantitative estimate of drug-likeness (QED) is 0.643. The fourth-order valence-corrected chi connectivity index (χ4v) is 3.81. The van der Waals surface area contributed by atoms with Crippen LogP contribution in [0.15, 0.2) is 48.5 Å². The molecule has 0 fully saturated rings. The van der Waals surface area contributed by atoms with Crippen LogP contribution in [0.2, 0.25) is 5.02 Å². The predicted molar refractivity (Wildman–Crippen MR) is 115 cm³/mol. The molecule has 150 valence electrons. The first kappa shape index (κ1) is 19.5. The van der Waals surface area contributed by atoms with E-state index in [-0.39, 0.29) is 6.03 Å². The fourth-order valence-electron chi connectivity index (χ4n) is 3.62. The molecule has 2 heterocycles. The Morgan fingerprint density at radius 2 is 2.00 bits per heavy atom. The largest absolute Gasteiger partial charge is 0.326 e. The van der Waals surface area contributed by atoms with Crippen molar-refractivity contribution in [3.8, 4) is 0 Å². The highest BCUT2D eigenvalue weighted by Crippen LogP contribution is 2.24. The normalized spacial score (nSPS) is 13.4. The van der Waals surface area contributed by atoms with Crippen LogP contribution in [-0.4, -0.2) is 20.8 Å². The lowest BCUT2D eigenvalue weighted by Crippen LogP contribution is -2.35. The van der Waals surface area contributed by atoms with Crippen LogP contribution in [-0.2, 0) is 19.5 Å². The molecule has 0 spiro atoms. The number of hydrogen-bond acceptors (Lipinski definition) is 3. The lowest BCUT2D eigenvalue weighted by Gasteiger charge is -2.24. The summed E-state index contributed by atoms with van der Waals surface area (Å²) in [6.45, 7) is 3.18. The fraction of sp³-hybridized carbons (Fsp3) is 0.318. The minimum Gasteiger partial charge on any atom is -0.313 e. The molecule has 6 nitrogen and oxygen atoms in total. The number of rotatable bonds is 4. The number of nitrogens with zero attached hydrogens (tertiary/aromatic N) is 4. The zero-order valence-electron chi connectivity index (χ0n) is 16.4. The molecule has 7 heteroatoms. The number of aryl methyl sites for hydroxylation is 2. The molecule has 3 aromatic rings. The number of para-hydroxylation sites is 1. The molecule has 0 bridgehead atoms. The number of hydrogen-bond donors (Lipinski definition) is 1. The van der Waals surface area contributed by atoms with E-state index in [1.165, 1.54) is 6.42 Å². The van der Waals surface area contributed by atoms with Crippen LogP contribution in [0.25, 0.3) is 0 Å². The van der Waals surface area contributed by atoms with E-state index in [0.29, 0.717) is 11.6 Å². The highest BCUT2D eigenvalue weighted by Gasteiger charge is 2.22. The SMILES string of the molecule is Cc1ccccc1NC(=O)N(Cc1nnc2n1CCCCC2)c1cccc(Cl)c1. The van der Waals surface area contributed by atoms with Gasteiger partial charge in [-0.05, 0) is 49.6 Å². The summed E-state index contributed by atoms with van der Waals surface area (Å²) in [4.78, 5) is 14.9. The van der Waals surface area contributed by atoms with Crippen molar-refractivity contribution in [2.45, 2.75) is 45.7 Å². The van der Waals surface area contributed by atoms with Crippen molar-refractivity contribution in [3.05, 3.63) is 70.8 Å². The number of anilines is 2. The monoisotopic (exact) mass is 409 g/mol. The van der Waals surface area contributed by atoms with E-state index in [9.17, 15) is 4.79 Å². The molecule has 2 amide bonds. The van der Waals surface area contributed by atoms with E-state index in [4.69, 9.17) is 11.6 Å². The number of amides is 2. The first-order valence-corrected chi connectivity index (χ1v) is 10.3. The van der Waals surface area contributed by atoms with Gasteiger partial charge in [-0.15, -0.1) is 10.2 Å². The molecule has 0 saturated carbocycles. The zero-order valence-corrected chi connectivity index (χ0v) is 17.2. The van der Waals surface area contributed by atoms with Crippen molar-refractivity contribution in [3.63, 3.8) is 0 Å². The third kappa shape index (κ3) is 4.43. The van der Waals surface area contributed by atoms with E-state index in [1.54, 1.807) is 17.0 Å². The molecule has 1 aliphatic heterocycles.